The van der Waals surface area contributed by atoms with Crippen LogP contribution in [-0.4, -0.2) is 35.2 Å². The fourth-order valence-corrected chi connectivity index (χ4v) is 5.10. The summed E-state index contributed by atoms with van der Waals surface area (Å²) in [5.74, 6) is -0.120. The van der Waals surface area contributed by atoms with Crippen LogP contribution < -0.4 is 10.2 Å². The molecule has 5 rings (SSSR count). The Morgan fingerprint density at radius 1 is 1.23 bits per heavy atom. The van der Waals surface area contributed by atoms with Crippen LogP contribution in [0.2, 0.25) is 0 Å². The lowest BCUT2D eigenvalue weighted by molar-refractivity contribution is 0.101. The van der Waals surface area contributed by atoms with Crippen LogP contribution >= 0.6 is 11.3 Å². The average Bonchev–Trinajstić information content (AvgIpc) is 3.56. The molecule has 1 fully saturated rings. The molecule has 31 heavy (non-hydrogen) atoms. The van der Waals surface area contributed by atoms with Crippen LogP contribution in [0.15, 0.2) is 65.7 Å². The van der Waals surface area contributed by atoms with Crippen molar-refractivity contribution in [3.05, 3.63) is 77.1 Å². The Bertz CT molecular complexity index is 1070. The van der Waals surface area contributed by atoms with E-state index in [2.05, 4.69) is 45.9 Å². The quantitative estimate of drug-likeness (QED) is 0.562. The number of hydrogen-bond acceptors (Lipinski definition) is 5. The van der Waals surface area contributed by atoms with Crippen molar-refractivity contribution in [2.24, 2.45) is 0 Å². The monoisotopic (exact) mass is 434 g/mol. The summed E-state index contributed by atoms with van der Waals surface area (Å²) in [6, 6.07) is 14.5. The Labute approximate surface area is 186 Å². The van der Waals surface area contributed by atoms with Crippen LogP contribution in [0.3, 0.4) is 0 Å². The Hall–Kier alpha value is -2.90. The number of nitrogens with zero attached hydrogens (tertiary/aromatic N) is 3. The number of amides is 1. The summed E-state index contributed by atoms with van der Waals surface area (Å²) in [6.45, 7) is 3.15. The molecule has 1 N–H and O–H groups in total. The molecule has 0 aliphatic carbocycles. The minimum atomic E-state index is -0.120. The summed E-state index contributed by atoms with van der Waals surface area (Å²) >= 11 is 1.49. The number of anilines is 2. The Morgan fingerprint density at radius 3 is 2.97 bits per heavy atom. The second kappa shape index (κ2) is 9.08. The van der Waals surface area contributed by atoms with E-state index in [1.165, 1.54) is 22.6 Å². The topological polar surface area (TPSA) is 59.4 Å². The number of para-hydroxylation sites is 1. The SMILES string of the molecule is O=C(Nc1nc(C2CCCN2c2ccccc2)cs1)c1cccn1CC1=CCOCC1. The number of nitrogens with one attached hydrogen (secondary N) is 1. The van der Waals surface area contributed by atoms with Crippen LogP contribution in [0.25, 0.3) is 0 Å². The van der Waals surface area contributed by atoms with Crippen molar-refractivity contribution in [1.29, 1.82) is 0 Å². The molecule has 2 aliphatic heterocycles. The van der Waals surface area contributed by atoms with E-state index in [1.54, 1.807) is 0 Å². The van der Waals surface area contributed by atoms with Gasteiger partial charge in [-0.3, -0.25) is 10.1 Å². The normalized spacial score (nSPS) is 18.8. The molecule has 160 valence electrons. The highest BCUT2D eigenvalue weighted by Gasteiger charge is 2.28. The second-order valence-electron chi connectivity index (χ2n) is 7.93. The first-order chi connectivity index (χ1) is 15.3. The lowest BCUT2D eigenvalue weighted by Crippen LogP contribution is -2.22. The summed E-state index contributed by atoms with van der Waals surface area (Å²) in [5, 5.41) is 5.73. The van der Waals surface area contributed by atoms with E-state index in [0.717, 1.165) is 44.7 Å². The predicted octanol–water partition coefficient (Wildman–Crippen LogP) is 4.89. The highest BCUT2D eigenvalue weighted by molar-refractivity contribution is 7.14. The predicted molar refractivity (Wildman–Crippen MR) is 124 cm³/mol. The number of ether oxygens (including phenoxy) is 1. The number of thiazole rings is 1. The van der Waals surface area contributed by atoms with E-state index in [1.807, 2.05) is 29.0 Å². The summed E-state index contributed by atoms with van der Waals surface area (Å²) in [4.78, 5) is 20.1. The standard InChI is InChI=1S/C24H26N4O2S/c29-23(22-9-4-12-27(22)16-18-10-14-30-15-11-18)26-24-25-20(17-31-24)21-8-5-13-28(21)19-6-2-1-3-7-19/h1-4,6-7,9-10,12,17,21H,5,8,11,13-16H2,(H,25,26,29). The zero-order valence-electron chi connectivity index (χ0n) is 17.4. The molecule has 7 heteroatoms. The Morgan fingerprint density at radius 2 is 2.13 bits per heavy atom. The van der Waals surface area contributed by atoms with Gasteiger partial charge in [-0.05, 0) is 49.1 Å². The van der Waals surface area contributed by atoms with Crippen LogP contribution in [0, 0.1) is 0 Å². The van der Waals surface area contributed by atoms with Gasteiger partial charge >= 0.3 is 0 Å². The zero-order chi connectivity index (χ0) is 21.0. The molecule has 1 saturated heterocycles. The average molecular weight is 435 g/mol. The molecule has 2 aliphatic rings. The number of aromatic nitrogens is 2. The molecule has 1 amide bonds. The van der Waals surface area contributed by atoms with Crippen molar-refractivity contribution in [3.63, 3.8) is 0 Å². The fraction of sp³-hybridized carbons (Fsp3) is 0.333. The maximum Gasteiger partial charge on any atom is 0.274 e. The van der Waals surface area contributed by atoms with Gasteiger partial charge < -0.3 is 14.2 Å². The second-order valence-corrected chi connectivity index (χ2v) is 8.79. The molecule has 0 saturated carbocycles. The third-order valence-corrected chi connectivity index (χ3v) is 6.69. The first kappa shape index (κ1) is 20.0. The van der Waals surface area contributed by atoms with Crippen molar-refractivity contribution < 1.29 is 9.53 Å². The van der Waals surface area contributed by atoms with E-state index in [4.69, 9.17) is 9.72 Å². The molecular formula is C24H26N4O2S. The van der Waals surface area contributed by atoms with Crippen molar-refractivity contribution in [2.45, 2.75) is 31.8 Å². The van der Waals surface area contributed by atoms with E-state index < -0.39 is 0 Å². The largest absolute Gasteiger partial charge is 0.377 e. The summed E-state index contributed by atoms with van der Waals surface area (Å²) in [7, 11) is 0. The van der Waals surface area contributed by atoms with Gasteiger partial charge in [0, 0.05) is 30.4 Å². The number of rotatable bonds is 6. The van der Waals surface area contributed by atoms with Crippen LogP contribution in [-0.2, 0) is 11.3 Å². The van der Waals surface area contributed by atoms with Gasteiger partial charge in [-0.25, -0.2) is 4.98 Å². The molecular weight excluding hydrogens is 408 g/mol. The van der Waals surface area contributed by atoms with Gasteiger partial charge in [0.1, 0.15) is 5.69 Å². The van der Waals surface area contributed by atoms with Crippen molar-refractivity contribution in [2.75, 3.05) is 30.0 Å². The molecule has 3 aromatic rings. The van der Waals surface area contributed by atoms with Gasteiger partial charge in [0.05, 0.1) is 24.9 Å². The van der Waals surface area contributed by atoms with Crippen molar-refractivity contribution >= 4 is 28.1 Å². The molecule has 2 aromatic heterocycles. The number of hydrogen-bond donors (Lipinski definition) is 1. The van der Waals surface area contributed by atoms with E-state index in [9.17, 15) is 4.79 Å². The first-order valence-corrected chi connectivity index (χ1v) is 11.6. The molecule has 1 aromatic carbocycles. The minimum absolute atomic E-state index is 0.120. The summed E-state index contributed by atoms with van der Waals surface area (Å²) in [5.41, 5.74) is 4.21. The van der Waals surface area contributed by atoms with Gasteiger partial charge in [-0.2, -0.15) is 0 Å². The molecule has 1 atom stereocenters. The van der Waals surface area contributed by atoms with Gasteiger partial charge in [-0.15, -0.1) is 11.3 Å². The smallest absolute Gasteiger partial charge is 0.274 e. The van der Waals surface area contributed by atoms with E-state index >= 15 is 0 Å². The van der Waals surface area contributed by atoms with Crippen molar-refractivity contribution in [3.8, 4) is 0 Å². The van der Waals surface area contributed by atoms with E-state index in [0.29, 0.717) is 17.4 Å². The van der Waals surface area contributed by atoms with Gasteiger partial charge in [0.25, 0.3) is 5.91 Å². The van der Waals surface area contributed by atoms with Crippen LogP contribution in [0.5, 0.6) is 0 Å². The lowest BCUT2D eigenvalue weighted by Gasteiger charge is -2.25. The maximum atomic E-state index is 12.9. The molecule has 6 nitrogen and oxygen atoms in total. The Kier molecular flexibility index (Phi) is 5.86. The third-order valence-electron chi connectivity index (χ3n) is 5.92. The lowest BCUT2D eigenvalue weighted by atomic mass is 10.1. The highest BCUT2D eigenvalue weighted by atomic mass is 32.1. The van der Waals surface area contributed by atoms with Gasteiger partial charge in [0.15, 0.2) is 5.13 Å². The summed E-state index contributed by atoms with van der Waals surface area (Å²) < 4.78 is 7.38. The van der Waals surface area contributed by atoms with Crippen LogP contribution in [0.1, 0.15) is 41.5 Å². The van der Waals surface area contributed by atoms with Crippen molar-refractivity contribution in [1.82, 2.24) is 9.55 Å². The summed E-state index contributed by atoms with van der Waals surface area (Å²) in [6.07, 6.45) is 7.20. The number of benzene rings is 1. The van der Waals surface area contributed by atoms with Gasteiger partial charge in [0.2, 0.25) is 0 Å². The zero-order valence-corrected chi connectivity index (χ0v) is 18.2. The molecule has 0 radical (unpaired) electrons. The molecule has 4 heterocycles. The maximum absolute atomic E-state index is 12.9. The highest BCUT2D eigenvalue weighted by Crippen LogP contribution is 2.37. The molecule has 0 spiro atoms. The minimum Gasteiger partial charge on any atom is -0.377 e. The molecule has 1 unspecified atom stereocenters. The molecule has 0 bridgehead atoms. The number of carbonyl (C=O) groups excluding carboxylic acids is 1. The Balaban J connectivity index is 1.28. The van der Waals surface area contributed by atoms with Gasteiger partial charge in [-0.1, -0.05) is 24.3 Å². The first-order valence-electron chi connectivity index (χ1n) is 10.8. The third kappa shape index (κ3) is 4.43. The fourth-order valence-electron chi connectivity index (χ4n) is 4.35. The van der Waals surface area contributed by atoms with Crippen LogP contribution in [0.4, 0.5) is 10.8 Å². The number of carbonyl (C=O) groups is 1. The van der Waals surface area contributed by atoms with E-state index in [-0.39, 0.29) is 11.9 Å².